The molecule has 1 aliphatic heterocycles. The SMILES string of the molecule is CC/C=C\C/C=C\CC(O)/C=C/C=C\C/C=C\CCCC(=O)OC[C@H](COP(=O)(O)OP(=O)(O)OC[C@H]1O[C@@H](n2ccc(N)nc2=O)[C@H](O)[C@@H]1O)OC(=O)CCCCCCCCC/C=C\CCCCCC. The molecular formula is C50H81N3O16P2. The lowest BCUT2D eigenvalue weighted by Crippen LogP contribution is -2.36. The summed E-state index contributed by atoms with van der Waals surface area (Å²) in [6, 6.07) is 1.24. The zero-order valence-corrected chi connectivity index (χ0v) is 43.4. The number of unbranched alkanes of at least 4 members (excludes halogenated alkanes) is 12. The Morgan fingerprint density at radius 1 is 0.761 bits per heavy atom. The number of hydrogen-bond donors (Lipinski definition) is 6. The predicted molar refractivity (Wildman–Crippen MR) is 271 cm³/mol. The van der Waals surface area contributed by atoms with Gasteiger partial charge in [0.15, 0.2) is 12.3 Å². The summed E-state index contributed by atoms with van der Waals surface area (Å²) in [5.41, 5.74) is 4.57. The summed E-state index contributed by atoms with van der Waals surface area (Å²) in [6.07, 6.45) is 34.4. The van der Waals surface area contributed by atoms with E-state index in [1.165, 1.54) is 31.7 Å². The van der Waals surface area contributed by atoms with Crippen LogP contribution in [0.25, 0.3) is 0 Å². The van der Waals surface area contributed by atoms with E-state index < -0.39 is 89.8 Å². The van der Waals surface area contributed by atoms with Gasteiger partial charge in [0.2, 0.25) is 0 Å². The van der Waals surface area contributed by atoms with Crippen LogP contribution in [-0.4, -0.2) is 96.9 Å². The Morgan fingerprint density at radius 3 is 2.07 bits per heavy atom. The second-order valence-corrected chi connectivity index (χ2v) is 20.2. The molecule has 3 unspecified atom stereocenters. The Morgan fingerprint density at radius 2 is 1.37 bits per heavy atom. The highest BCUT2D eigenvalue weighted by Gasteiger charge is 2.46. The highest BCUT2D eigenvalue weighted by molar-refractivity contribution is 7.61. The number of esters is 2. The lowest BCUT2D eigenvalue weighted by molar-refractivity contribution is -0.161. The standard InChI is InChI=1S/C50H81N3O16P2/c1-3-5-7-9-11-12-13-14-15-16-17-18-23-27-31-35-46(56)67-42(38-64-45(55)34-30-26-22-20-19-21-25-29-33-41(54)32-28-24-10-8-6-4-2)39-65-70(60,61)69-71(62,63)66-40-43-47(57)48(58)49(68-43)53-37-36-44(51)52-50(53)59/h6,8,12-13,20-22,24-25,28-29,33,36-37,41-43,47-49,54,57-58H,3-5,7,9-11,14-19,23,26-27,30-32,34-35,38-40H2,1-2H3,(H,60,61)(H,62,63)(H2,51,52,59)/b8-6-,13-12-,22-20-,25-21-,28-24-,33-29+/t41?,42-,43-,47-,48-,49-/m1/s1. The minimum atomic E-state index is -5.45. The van der Waals surface area contributed by atoms with E-state index in [2.05, 4.69) is 47.4 Å². The number of carbonyl (C=O) groups is 2. The monoisotopic (exact) mass is 1040 g/mol. The molecule has 0 amide bonds. The fourth-order valence-corrected chi connectivity index (χ4v) is 9.07. The van der Waals surface area contributed by atoms with Crippen molar-refractivity contribution in [3.63, 3.8) is 0 Å². The average Bonchev–Trinajstić information content (AvgIpc) is 3.60. The third-order valence-electron chi connectivity index (χ3n) is 10.9. The van der Waals surface area contributed by atoms with Crippen molar-refractivity contribution in [3.8, 4) is 0 Å². The van der Waals surface area contributed by atoms with Crippen molar-refractivity contribution in [2.75, 3.05) is 25.6 Å². The van der Waals surface area contributed by atoms with Gasteiger partial charge < -0.3 is 45.1 Å². The van der Waals surface area contributed by atoms with E-state index in [1.54, 1.807) is 12.2 Å². The minimum absolute atomic E-state index is 0.0128. The van der Waals surface area contributed by atoms with Gasteiger partial charge in [-0.25, -0.2) is 13.9 Å². The van der Waals surface area contributed by atoms with Gasteiger partial charge in [0.05, 0.1) is 19.3 Å². The van der Waals surface area contributed by atoms with Gasteiger partial charge in [-0.2, -0.15) is 9.29 Å². The quantitative estimate of drug-likeness (QED) is 0.0117. The molecule has 1 saturated heterocycles. The number of allylic oxidation sites excluding steroid dienone is 10. The largest absolute Gasteiger partial charge is 0.481 e. The van der Waals surface area contributed by atoms with E-state index in [4.69, 9.17) is 29.0 Å². The smallest absolute Gasteiger partial charge is 0.462 e. The Balaban J connectivity index is 1.85. The zero-order valence-electron chi connectivity index (χ0n) is 41.6. The molecule has 0 spiro atoms. The van der Waals surface area contributed by atoms with Crippen LogP contribution in [0.4, 0.5) is 5.82 Å². The van der Waals surface area contributed by atoms with Crippen molar-refractivity contribution >= 4 is 33.4 Å². The van der Waals surface area contributed by atoms with Crippen molar-refractivity contribution in [2.45, 2.75) is 185 Å². The molecule has 402 valence electrons. The number of aliphatic hydroxyl groups is 3. The molecule has 2 rings (SSSR count). The lowest BCUT2D eigenvalue weighted by atomic mass is 10.1. The number of nitrogen functional groups attached to an aromatic ring is 1. The molecule has 0 saturated carbocycles. The molecular weight excluding hydrogens is 961 g/mol. The van der Waals surface area contributed by atoms with Gasteiger partial charge in [-0.05, 0) is 76.7 Å². The van der Waals surface area contributed by atoms with E-state index in [0.717, 1.165) is 75.0 Å². The van der Waals surface area contributed by atoms with Crippen LogP contribution in [0.5, 0.6) is 0 Å². The van der Waals surface area contributed by atoms with Crippen LogP contribution >= 0.6 is 15.6 Å². The van der Waals surface area contributed by atoms with Gasteiger partial charge in [0.25, 0.3) is 0 Å². The first-order valence-electron chi connectivity index (χ1n) is 25.1. The van der Waals surface area contributed by atoms with Crippen LogP contribution in [0.2, 0.25) is 0 Å². The van der Waals surface area contributed by atoms with Crippen LogP contribution in [0.3, 0.4) is 0 Å². The molecule has 19 nitrogen and oxygen atoms in total. The molecule has 1 fully saturated rings. The molecule has 1 aromatic rings. The third kappa shape index (κ3) is 30.7. The number of nitrogens with two attached hydrogens (primary N) is 1. The molecule has 2 heterocycles. The fraction of sp³-hybridized carbons (Fsp3) is 0.640. The topological polar surface area (TPSA) is 286 Å². The second-order valence-electron chi connectivity index (χ2n) is 17.1. The summed E-state index contributed by atoms with van der Waals surface area (Å²) >= 11 is 0. The van der Waals surface area contributed by atoms with Crippen molar-refractivity contribution in [1.29, 1.82) is 0 Å². The van der Waals surface area contributed by atoms with Gasteiger partial charge in [-0.15, -0.1) is 0 Å². The zero-order chi connectivity index (χ0) is 52.2. The first-order valence-corrected chi connectivity index (χ1v) is 28.0. The summed E-state index contributed by atoms with van der Waals surface area (Å²) in [5, 5.41) is 31.0. The van der Waals surface area contributed by atoms with Crippen molar-refractivity contribution in [3.05, 3.63) is 95.7 Å². The van der Waals surface area contributed by atoms with Crippen molar-refractivity contribution < 1.29 is 71.4 Å². The number of nitrogens with zero attached hydrogens (tertiary/aromatic N) is 2. The number of carbonyl (C=O) groups excluding carboxylic acids is 2. The van der Waals surface area contributed by atoms with E-state index in [0.29, 0.717) is 32.1 Å². The summed E-state index contributed by atoms with van der Waals surface area (Å²) in [4.78, 5) is 61.9. The number of phosphoric acid groups is 2. The lowest BCUT2D eigenvalue weighted by Gasteiger charge is -2.21. The van der Waals surface area contributed by atoms with Gasteiger partial charge >= 0.3 is 33.3 Å². The first kappa shape index (κ1) is 63.3. The molecule has 8 atom stereocenters. The van der Waals surface area contributed by atoms with E-state index in [9.17, 15) is 48.6 Å². The molecule has 0 radical (unpaired) electrons. The molecule has 0 aromatic carbocycles. The first-order chi connectivity index (χ1) is 34.1. The number of anilines is 1. The van der Waals surface area contributed by atoms with Crippen LogP contribution < -0.4 is 11.4 Å². The molecule has 1 aliphatic rings. The number of aliphatic hydroxyl groups excluding tert-OH is 3. The Hall–Kier alpha value is -3.84. The highest BCUT2D eigenvalue weighted by atomic mass is 31.3. The number of ether oxygens (including phenoxy) is 3. The van der Waals surface area contributed by atoms with E-state index in [1.807, 2.05) is 36.5 Å². The minimum Gasteiger partial charge on any atom is -0.462 e. The molecule has 0 aliphatic carbocycles. The van der Waals surface area contributed by atoms with Gasteiger partial charge in [0, 0.05) is 19.0 Å². The average molecular weight is 1040 g/mol. The summed E-state index contributed by atoms with van der Waals surface area (Å²) in [6.45, 7) is 1.88. The summed E-state index contributed by atoms with van der Waals surface area (Å²) in [5.74, 6) is -1.42. The molecule has 1 aromatic heterocycles. The molecule has 71 heavy (non-hydrogen) atoms. The number of aromatic nitrogens is 2. The van der Waals surface area contributed by atoms with Crippen LogP contribution in [0, 0.1) is 0 Å². The van der Waals surface area contributed by atoms with Crippen molar-refractivity contribution in [1.82, 2.24) is 9.55 Å². The normalized spacial score (nSPS) is 20.2. The van der Waals surface area contributed by atoms with E-state index >= 15 is 0 Å². The fourth-order valence-electron chi connectivity index (χ4n) is 6.96. The highest BCUT2D eigenvalue weighted by Crippen LogP contribution is 2.60. The maximum absolute atomic E-state index is 12.9. The molecule has 0 bridgehead atoms. The molecule has 7 N–H and O–H groups in total. The Kier molecular flexibility index (Phi) is 33.7. The third-order valence-corrected chi connectivity index (χ3v) is 13.5. The second kappa shape index (κ2) is 37.8. The van der Waals surface area contributed by atoms with Gasteiger partial charge in [0.1, 0.15) is 30.7 Å². The maximum atomic E-state index is 12.9. The van der Waals surface area contributed by atoms with Gasteiger partial charge in [-0.3, -0.25) is 23.2 Å². The Bertz CT molecular complexity index is 1990. The number of phosphoric ester groups is 2. The Labute approximate surface area is 419 Å². The van der Waals surface area contributed by atoms with E-state index in [-0.39, 0.29) is 18.7 Å². The number of rotatable bonds is 40. The van der Waals surface area contributed by atoms with Crippen LogP contribution in [-0.2, 0) is 46.3 Å². The van der Waals surface area contributed by atoms with Crippen LogP contribution in [0.1, 0.15) is 155 Å². The summed E-state index contributed by atoms with van der Waals surface area (Å²) < 4.78 is 56.6. The van der Waals surface area contributed by atoms with Crippen molar-refractivity contribution in [2.24, 2.45) is 0 Å². The van der Waals surface area contributed by atoms with Crippen LogP contribution in [0.15, 0.2) is 90.0 Å². The predicted octanol–water partition coefficient (Wildman–Crippen LogP) is 9.08. The van der Waals surface area contributed by atoms with Gasteiger partial charge in [-0.1, -0.05) is 138 Å². The molecule has 21 heteroatoms. The number of hydrogen-bond acceptors (Lipinski definition) is 16. The maximum Gasteiger partial charge on any atom is 0.481 e. The summed E-state index contributed by atoms with van der Waals surface area (Å²) in [7, 11) is -10.9.